The first-order valence-corrected chi connectivity index (χ1v) is 27.6. The highest BCUT2D eigenvalue weighted by molar-refractivity contribution is 5.76. The van der Waals surface area contributed by atoms with Gasteiger partial charge in [0.05, 0.1) is 25.4 Å². The molecule has 0 aliphatic heterocycles. The topological polar surface area (TPSA) is 95.9 Å². The molecule has 3 N–H and O–H groups in total. The maximum absolute atomic E-state index is 12.5. The smallest absolute Gasteiger partial charge is 0.305 e. The van der Waals surface area contributed by atoms with Crippen molar-refractivity contribution in [3.63, 3.8) is 0 Å². The molecular weight excluding hydrogens is 767 g/mol. The van der Waals surface area contributed by atoms with E-state index in [2.05, 4.69) is 31.3 Å². The van der Waals surface area contributed by atoms with Crippen LogP contribution >= 0.6 is 0 Å². The molecule has 0 fully saturated rings. The van der Waals surface area contributed by atoms with Crippen LogP contribution in [-0.2, 0) is 14.3 Å². The van der Waals surface area contributed by atoms with E-state index < -0.39 is 12.1 Å². The molecule has 0 radical (unpaired) electrons. The molecule has 6 heteroatoms. The predicted molar refractivity (Wildman–Crippen MR) is 269 cm³/mol. The van der Waals surface area contributed by atoms with Crippen LogP contribution in [0.25, 0.3) is 0 Å². The summed E-state index contributed by atoms with van der Waals surface area (Å²) in [5.74, 6) is -0.0856. The molecule has 0 spiro atoms. The molecular formula is C56H107NO5. The molecule has 2 unspecified atom stereocenters. The van der Waals surface area contributed by atoms with Gasteiger partial charge in [0, 0.05) is 12.8 Å². The number of nitrogens with one attached hydrogen (secondary N) is 1. The first-order chi connectivity index (χ1) is 30.5. The van der Waals surface area contributed by atoms with Crippen LogP contribution in [0.3, 0.4) is 0 Å². The highest BCUT2D eigenvalue weighted by Gasteiger charge is 2.18. The molecule has 0 aromatic rings. The number of aliphatic hydroxyl groups excluding tert-OH is 2. The van der Waals surface area contributed by atoms with E-state index in [1.165, 1.54) is 218 Å². The molecule has 62 heavy (non-hydrogen) atoms. The van der Waals surface area contributed by atoms with E-state index in [1.54, 1.807) is 6.08 Å². The second-order valence-electron chi connectivity index (χ2n) is 18.9. The van der Waals surface area contributed by atoms with Crippen LogP contribution in [0.15, 0.2) is 24.3 Å². The van der Waals surface area contributed by atoms with Gasteiger partial charge in [-0.2, -0.15) is 0 Å². The summed E-state index contributed by atoms with van der Waals surface area (Å²) in [5.41, 5.74) is 0. The third kappa shape index (κ3) is 47.8. The lowest BCUT2D eigenvalue weighted by molar-refractivity contribution is -0.143. The van der Waals surface area contributed by atoms with E-state index in [9.17, 15) is 19.8 Å². The summed E-state index contributed by atoms with van der Waals surface area (Å²) in [5, 5.41) is 23.1. The Morgan fingerprint density at radius 2 is 0.758 bits per heavy atom. The minimum atomic E-state index is -0.850. The Labute approximate surface area is 386 Å². The van der Waals surface area contributed by atoms with Crippen molar-refractivity contribution in [1.29, 1.82) is 0 Å². The average molecular weight is 874 g/mol. The van der Waals surface area contributed by atoms with E-state index >= 15 is 0 Å². The lowest BCUT2D eigenvalue weighted by atomic mass is 10.0. The summed E-state index contributed by atoms with van der Waals surface area (Å²) in [7, 11) is 0. The minimum absolute atomic E-state index is 0.0105. The van der Waals surface area contributed by atoms with E-state index in [1.807, 2.05) is 6.08 Å². The molecule has 0 aromatic carbocycles. The van der Waals surface area contributed by atoms with Crippen molar-refractivity contribution in [2.75, 3.05) is 13.2 Å². The summed E-state index contributed by atoms with van der Waals surface area (Å²) < 4.78 is 5.45. The third-order valence-electron chi connectivity index (χ3n) is 12.7. The predicted octanol–water partition coefficient (Wildman–Crippen LogP) is 16.7. The molecule has 0 aliphatic carbocycles. The molecule has 2 atom stereocenters. The molecule has 1 amide bonds. The van der Waals surface area contributed by atoms with Crippen LogP contribution in [0.5, 0.6) is 0 Å². The zero-order valence-corrected chi connectivity index (χ0v) is 41.6. The number of hydrogen-bond acceptors (Lipinski definition) is 5. The number of unbranched alkanes of at least 4 members (excludes halogenated alkanes) is 38. The Balaban J connectivity index is 3.48. The quantitative estimate of drug-likeness (QED) is 0.0321. The van der Waals surface area contributed by atoms with Gasteiger partial charge >= 0.3 is 5.97 Å². The van der Waals surface area contributed by atoms with Gasteiger partial charge in [-0.3, -0.25) is 9.59 Å². The van der Waals surface area contributed by atoms with E-state index in [0.29, 0.717) is 19.4 Å². The second kappa shape index (κ2) is 52.0. The van der Waals surface area contributed by atoms with E-state index in [-0.39, 0.29) is 18.5 Å². The summed E-state index contributed by atoms with van der Waals surface area (Å²) in [4.78, 5) is 24.5. The molecule has 0 bridgehead atoms. The fraction of sp³-hybridized carbons (Fsp3) is 0.893. The summed E-state index contributed by atoms with van der Waals surface area (Å²) in [6, 6.07) is -0.634. The monoisotopic (exact) mass is 874 g/mol. The maximum Gasteiger partial charge on any atom is 0.305 e. The minimum Gasteiger partial charge on any atom is -0.466 e. The van der Waals surface area contributed by atoms with Gasteiger partial charge in [0.2, 0.25) is 5.91 Å². The zero-order chi connectivity index (χ0) is 45.1. The van der Waals surface area contributed by atoms with Crippen molar-refractivity contribution in [3.8, 4) is 0 Å². The molecule has 0 rings (SSSR count). The standard InChI is InChI=1S/C56H107NO5/c1-3-5-7-9-11-13-15-17-18-19-20-22-25-28-32-36-40-44-48-54(59)53(52-58)57-55(60)49-45-41-37-33-29-26-23-21-24-27-31-35-39-43-47-51-62-56(61)50-46-42-38-34-30-16-14-12-10-8-6-4-2/h12,14,44,48,53-54,58-59H,3-11,13,15-43,45-47,49-52H2,1-2H3,(H,57,60)/b14-12-,48-44+. The largest absolute Gasteiger partial charge is 0.466 e. The van der Waals surface area contributed by atoms with Crippen molar-refractivity contribution in [3.05, 3.63) is 24.3 Å². The first-order valence-electron chi connectivity index (χ1n) is 27.6. The highest BCUT2D eigenvalue weighted by atomic mass is 16.5. The Bertz CT molecular complexity index is 966. The van der Waals surface area contributed by atoms with Crippen molar-refractivity contribution in [1.82, 2.24) is 5.32 Å². The average Bonchev–Trinajstić information content (AvgIpc) is 3.27. The normalized spacial score (nSPS) is 12.8. The number of carbonyl (C=O) groups excluding carboxylic acids is 2. The molecule has 0 saturated carbocycles. The van der Waals surface area contributed by atoms with Gasteiger partial charge in [-0.15, -0.1) is 0 Å². The molecule has 0 saturated heterocycles. The van der Waals surface area contributed by atoms with Crippen LogP contribution in [0.2, 0.25) is 0 Å². The first kappa shape index (κ1) is 60.3. The Morgan fingerprint density at radius 3 is 1.18 bits per heavy atom. The van der Waals surface area contributed by atoms with Gasteiger partial charge in [0.15, 0.2) is 0 Å². The zero-order valence-electron chi connectivity index (χ0n) is 41.6. The van der Waals surface area contributed by atoms with Crippen molar-refractivity contribution < 1.29 is 24.5 Å². The fourth-order valence-corrected chi connectivity index (χ4v) is 8.45. The van der Waals surface area contributed by atoms with Crippen LogP contribution in [-0.4, -0.2) is 47.4 Å². The molecule has 6 nitrogen and oxygen atoms in total. The number of amides is 1. The number of esters is 1. The number of hydrogen-bond donors (Lipinski definition) is 3. The number of allylic oxidation sites excluding steroid dienone is 3. The molecule has 0 aliphatic rings. The maximum atomic E-state index is 12.5. The summed E-state index contributed by atoms with van der Waals surface area (Å²) >= 11 is 0. The van der Waals surface area contributed by atoms with Gasteiger partial charge in [-0.05, 0) is 57.8 Å². The van der Waals surface area contributed by atoms with Gasteiger partial charge in [0.1, 0.15) is 0 Å². The van der Waals surface area contributed by atoms with E-state index in [0.717, 1.165) is 51.4 Å². The van der Waals surface area contributed by atoms with Crippen molar-refractivity contribution in [2.24, 2.45) is 0 Å². The SMILES string of the molecule is CCCCC/C=C\CCCCCCCC(=O)OCCCCCCCCCCCCCCCCCC(=O)NC(CO)C(O)/C=C/CCCCCCCCCCCCCCCCCC. The summed E-state index contributed by atoms with van der Waals surface area (Å²) in [6.45, 7) is 4.87. The lowest BCUT2D eigenvalue weighted by Gasteiger charge is -2.20. The second-order valence-corrected chi connectivity index (χ2v) is 18.9. The van der Waals surface area contributed by atoms with Crippen molar-refractivity contribution >= 4 is 11.9 Å². The van der Waals surface area contributed by atoms with Gasteiger partial charge < -0.3 is 20.3 Å². The number of ether oxygens (including phenoxy) is 1. The van der Waals surface area contributed by atoms with Gasteiger partial charge in [-0.1, -0.05) is 250 Å². The van der Waals surface area contributed by atoms with Crippen LogP contribution < -0.4 is 5.32 Å². The third-order valence-corrected chi connectivity index (χ3v) is 12.7. The Kier molecular flexibility index (Phi) is 50.6. The number of aliphatic hydroxyl groups is 2. The van der Waals surface area contributed by atoms with Crippen LogP contribution in [0.1, 0.15) is 296 Å². The molecule has 366 valence electrons. The van der Waals surface area contributed by atoms with Gasteiger partial charge in [-0.25, -0.2) is 0 Å². The Hall–Kier alpha value is -1.66. The van der Waals surface area contributed by atoms with Crippen LogP contribution in [0.4, 0.5) is 0 Å². The Morgan fingerprint density at radius 1 is 0.435 bits per heavy atom. The lowest BCUT2D eigenvalue weighted by Crippen LogP contribution is -2.45. The number of carbonyl (C=O) groups is 2. The molecule has 0 heterocycles. The van der Waals surface area contributed by atoms with Crippen LogP contribution in [0, 0.1) is 0 Å². The fourth-order valence-electron chi connectivity index (χ4n) is 8.45. The van der Waals surface area contributed by atoms with Gasteiger partial charge in [0.25, 0.3) is 0 Å². The van der Waals surface area contributed by atoms with E-state index in [4.69, 9.17) is 4.74 Å². The summed E-state index contributed by atoms with van der Waals surface area (Å²) in [6.07, 6.45) is 61.8. The highest BCUT2D eigenvalue weighted by Crippen LogP contribution is 2.16. The molecule has 0 aromatic heterocycles. The van der Waals surface area contributed by atoms with Crippen molar-refractivity contribution in [2.45, 2.75) is 309 Å². The number of rotatable bonds is 51.